The van der Waals surface area contributed by atoms with Crippen molar-refractivity contribution in [1.29, 1.82) is 0 Å². The van der Waals surface area contributed by atoms with Gasteiger partial charge in [-0.15, -0.1) is 11.3 Å². The fourth-order valence-electron chi connectivity index (χ4n) is 2.69. The first-order valence-corrected chi connectivity index (χ1v) is 8.75. The smallest absolute Gasteiger partial charge is 0.0594 e. The highest BCUT2D eigenvalue weighted by molar-refractivity contribution is 7.11. The molecule has 3 rings (SSSR count). The first-order chi connectivity index (χ1) is 10.8. The topological polar surface area (TPSA) is 24.5 Å². The predicted octanol–water partition coefficient (Wildman–Crippen LogP) is 3.18. The number of ether oxygens (including phenoxy) is 1. The number of nitrogens with one attached hydrogen (secondary N) is 1. The van der Waals surface area contributed by atoms with Crippen LogP contribution >= 0.6 is 11.3 Å². The lowest BCUT2D eigenvalue weighted by Crippen LogP contribution is -2.35. The normalized spacial score (nSPS) is 16.0. The Kier molecular flexibility index (Phi) is 5.62. The number of hydrogen-bond acceptors (Lipinski definition) is 4. The summed E-state index contributed by atoms with van der Waals surface area (Å²) in [6.07, 6.45) is 0. The van der Waals surface area contributed by atoms with E-state index in [0.717, 1.165) is 45.9 Å². The van der Waals surface area contributed by atoms with Gasteiger partial charge in [-0.2, -0.15) is 0 Å². The number of morpholine rings is 1. The lowest BCUT2D eigenvalue weighted by atomic mass is 10.1. The third kappa shape index (κ3) is 4.65. The molecule has 0 bridgehead atoms. The molecule has 1 aliphatic rings. The minimum absolute atomic E-state index is 0.865. The van der Waals surface area contributed by atoms with Gasteiger partial charge in [0.1, 0.15) is 0 Å². The molecule has 1 aromatic carbocycles. The van der Waals surface area contributed by atoms with Gasteiger partial charge in [0.15, 0.2) is 0 Å². The molecule has 0 amide bonds. The Morgan fingerprint density at radius 3 is 2.41 bits per heavy atom. The maximum absolute atomic E-state index is 5.39. The minimum Gasteiger partial charge on any atom is -0.379 e. The second-order valence-corrected chi connectivity index (χ2v) is 7.19. The van der Waals surface area contributed by atoms with Crippen LogP contribution in [0.3, 0.4) is 0 Å². The summed E-state index contributed by atoms with van der Waals surface area (Å²) in [7, 11) is 0. The molecule has 22 heavy (non-hydrogen) atoms. The van der Waals surface area contributed by atoms with Crippen molar-refractivity contribution in [1.82, 2.24) is 10.2 Å². The zero-order valence-corrected chi connectivity index (χ0v) is 14.0. The molecule has 0 saturated carbocycles. The molecule has 1 fully saturated rings. The van der Waals surface area contributed by atoms with Crippen LogP contribution in [0.5, 0.6) is 0 Å². The Morgan fingerprint density at radius 1 is 1.00 bits per heavy atom. The van der Waals surface area contributed by atoms with Crippen LogP contribution in [0.25, 0.3) is 0 Å². The standard InChI is InChI=1S/C18H24N2OS/c1-15-2-7-18(22-15)13-19-12-16-3-5-17(6-4-16)14-20-8-10-21-11-9-20/h2-7,19H,8-14H2,1H3. The van der Waals surface area contributed by atoms with Crippen LogP contribution in [-0.4, -0.2) is 31.2 Å². The molecular weight excluding hydrogens is 292 g/mol. The Bertz CT molecular complexity index is 573. The lowest BCUT2D eigenvalue weighted by Gasteiger charge is -2.26. The summed E-state index contributed by atoms with van der Waals surface area (Å²) in [5.41, 5.74) is 2.73. The molecule has 0 aliphatic carbocycles. The van der Waals surface area contributed by atoms with Crippen molar-refractivity contribution in [3.8, 4) is 0 Å². The van der Waals surface area contributed by atoms with E-state index in [1.165, 1.54) is 20.9 Å². The fourth-order valence-corrected chi connectivity index (χ4v) is 3.55. The molecule has 118 valence electrons. The monoisotopic (exact) mass is 316 g/mol. The van der Waals surface area contributed by atoms with Crippen LogP contribution in [0.4, 0.5) is 0 Å². The van der Waals surface area contributed by atoms with Crippen molar-refractivity contribution in [2.45, 2.75) is 26.6 Å². The quantitative estimate of drug-likeness (QED) is 0.886. The van der Waals surface area contributed by atoms with E-state index in [1.54, 1.807) is 0 Å². The predicted molar refractivity (Wildman–Crippen MR) is 92.1 cm³/mol. The molecule has 0 spiro atoms. The molecule has 2 heterocycles. The molecule has 1 aliphatic heterocycles. The fraction of sp³-hybridized carbons (Fsp3) is 0.444. The van der Waals surface area contributed by atoms with Crippen molar-refractivity contribution in [3.05, 3.63) is 57.3 Å². The summed E-state index contributed by atoms with van der Waals surface area (Å²) in [5, 5.41) is 3.52. The van der Waals surface area contributed by atoms with Gasteiger partial charge in [-0.05, 0) is 30.2 Å². The maximum atomic E-state index is 5.39. The van der Waals surface area contributed by atoms with Gasteiger partial charge in [0.2, 0.25) is 0 Å². The average Bonchev–Trinajstić information content (AvgIpc) is 2.96. The number of nitrogens with zero attached hydrogens (tertiary/aromatic N) is 1. The zero-order chi connectivity index (χ0) is 15.2. The van der Waals surface area contributed by atoms with Crippen LogP contribution in [0.15, 0.2) is 36.4 Å². The van der Waals surface area contributed by atoms with Gasteiger partial charge in [-0.25, -0.2) is 0 Å². The minimum atomic E-state index is 0.865. The van der Waals surface area contributed by atoms with Gasteiger partial charge in [0.05, 0.1) is 13.2 Å². The number of thiophene rings is 1. The summed E-state index contributed by atoms with van der Waals surface area (Å²) in [6.45, 7) is 8.89. The highest BCUT2D eigenvalue weighted by Gasteiger charge is 2.10. The third-order valence-electron chi connectivity index (χ3n) is 3.96. The molecule has 2 aromatic rings. The Balaban J connectivity index is 1.44. The SMILES string of the molecule is Cc1ccc(CNCc2ccc(CN3CCOCC3)cc2)s1. The molecule has 0 atom stereocenters. The van der Waals surface area contributed by atoms with Gasteiger partial charge >= 0.3 is 0 Å². The maximum Gasteiger partial charge on any atom is 0.0594 e. The second-order valence-electron chi connectivity index (χ2n) is 5.82. The number of rotatable bonds is 6. The van der Waals surface area contributed by atoms with Crippen LogP contribution in [-0.2, 0) is 24.4 Å². The largest absolute Gasteiger partial charge is 0.379 e. The second kappa shape index (κ2) is 7.88. The Hall–Kier alpha value is -1.20. The van der Waals surface area contributed by atoms with E-state index in [9.17, 15) is 0 Å². The van der Waals surface area contributed by atoms with Crippen LogP contribution in [0.1, 0.15) is 20.9 Å². The lowest BCUT2D eigenvalue weighted by molar-refractivity contribution is 0.0342. The Morgan fingerprint density at radius 2 is 1.73 bits per heavy atom. The van der Waals surface area contributed by atoms with Crippen molar-refractivity contribution < 1.29 is 4.74 Å². The molecule has 0 radical (unpaired) electrons. The van der Waals surface area contributed by atoms with Gasteiger partial charge in [-0.1, -0.05) is 24.3 Å². The summed E-state index contributed by atoms with van der Waals surface area (Å²) >= 11 is 1.87. The highest BCUT2D eigenvalue weighted by Crippen LogP contribution is 2.15. The van der Waals surface area contributed by atoms with Gasteiger partial charge in [-0.3, -0.25) is 4.90 Å². The first-order valence-electron chi connectivity index (χ1n) is 7.93. The summed E-state index contributed by atoms with van der Waals surface area (Å²) in [6, 6.07) is 13.4. The van der Waals surface area contributed by atoms with E-state index in [1.807, 2.05) is 11.3 Å². The summed E-state index contributed by atoms with van der Waals surface area (Å²) in [5.74, 6) is 0. The van der Waals surface area contributed by atoms with Gasteiger partial charge in [0.25, 0.3) is 0 Å². The zero-order valence-electron chi connectivity index (χ0n) is 13.2. The summed E-state index contributed by atoms with van der Waals surface area (Å²) in [4.78, 5) is 5.24. The number of aryl methyl sites for hydroxylation is 1. The van der Waals surface area contributed by atoms with Gasteiger partial charge < -0.3 is 10.1 Å². The molecule has 3 nitrogen and oxygen atoms in total. The molecule has 1 N–H and O–H groups in total. The number of benzene rings is 1. The van der Waals surface area contributed by atoms with Crippen molar-refractivity contribution in [2.75, 3.05) is 26.3 Å². The average molecular weight is 316 g/mol. The van der Waals surface area contributed by atoms with Crippen LogP contribution in [0, 0.1) is 6.92 Å². The van der Waals surface area contributed by atoms with Crippen LogP contribution < -0.4 is 5.32 Å². The van der Waals surface area contributed by atoms with E-state index in [4.69, 9.17) is 4.74 Å². The van der Waals surface area contributed by atoms with Crippen molar-refractivity contribution >= 4 is 11.3 Å². The molecule has 4 heteroatoms. The molecule has 1 saturated heterocycles. The molecule has 0 unspecified atom stereocenters. The first kappa shape index (κ1) is 15.7. The van der Waals surface area contributed by atoms with E-state index in [2.05, 4.69) is 53.5 Å². The summed E-state index contributed by atoms with van der Waals surface area (Å²) < 4.78 is 5.39. The van der Waals surface area contributed by atoms with E-state index >= 15 is 0 Å². The third-order valence-corrected chi connectivity index (χ3v) is 4.96. The van der Waals surface area contributed by atoms with E-state index in [-0.39, 0.29) is 0 Å². The van der Waals surface area contributed by atoms with E-state index in [0.29, 0.717) is 0 Å². The van der Waals surface area contributed by atoms with Gasteiger partial charge in [0, 0.05) is 42.5 Å². The molecule has 1 aromatic heterocycles. The number of hydrogen-bond donors (Lipinski definition) is 1. The Labute approximate surface area is 136 Å². The van der Waals surface area contributed by atoms with Crippen molar-refractivity contribution in [2.24, 2.45) is 0 Å². The van der Waals surface area contributed by atoms with E-state index < -0.39 is 0 Å². The highest BCUT2D eigenvalue weighted by atomic mass is 32.1. The van der Waals surface area contributed by atoms with Crippen LogP contribution in [0.2, 0.25) is 0 Å². The van der Waals surface area contributed by atoms with Crippen molar-refractivity contribution in [3.63, 3.8) is 0 Å². The molecular formula is C18H24N2OS.